The first-order valence-corrected chi connectivity index (χ1v) is 9.64. The number of hydrogen-bond donors (Lipinski definition) is 4. The van der Waals surface area contributed by atoms with Crippen molar-refractivity contribution in [2.24, 2.45) is 4.99 Å². The Hall–Kier alpha value is -2.82. The van der Waals surface area contributed by atoms with E-state index in [0.717, 1.165) is 28.5 Å². The van der Waals surface area contributed by atoms with Crippen molar-refractivity contribution in [2.45, 2.75) is 19.9 Å². The van der Waals surface area contributed by atoms with Crippen LogP contribution in [0, 0.1) is 5.82 Å². The smallest absolute Gasteiger partial charge is 0.221 e. The minimum atomic E-state index is -0.244. The molecule has 0 radical (unpaired) electrons. The highest BCUT2D eigenvalue weighted by atomic mass is 127. The van der Waals surface area contributed by atoms with Gasteiger partial charge >= 0.3 is 0 Å². The number of aromatic amines is 1. The van der Waals surface area contributed by atoms with E-state index in [0.29, 0.717) is 30.5 Å². The van der Waals surface area contributed by atoms with Gasteiger partial charge in [-0.15, -0.1) is 24.0 Å². The molecule has 0 aliphatic heterocycles. The molecular formula is C22H27FIN5O2. The number of carbonyl (C=O) groups is 1. The van der Waals surface area contributed by atoms with Gasteiger partial charge in [-0.2, -0.15) is 0 Å². The Labute approximate surface area is 197 Å². The zero-order valence-electron chi connectivity index (χ0n) is 17.7. The Balaban J connectivity index is 0.00000341. The number of aliphatic imine (C=N–C) groups is 1. The maximum Gasteiger partial charge on any atom is 0.221 e. The Morgan fingerprint density at radius 2 is 2.00 bits per heavy atom. The molecule has 0 fully saturated rings. The number of fused-ring (bicyclic) bond motifs is 1. The van der Waals surface area contributed by atoms with Gasteiger partial charge in [0, 0.05) is 44.2 Å². The van der Waals surface area contributed by atoms with Crippen molar-refractivity contribution in [3.05, 3.63) is 59.5 Å². The Bertz CT molecular complexity index is 1070. The standard InChI is InChI=1S/C22H26FN5O2.HI/c1-14(29)28-20-10-15(4-7-21(20)30-3)12-27-22(24-2)25-9-8-16-13-26-19-6-5-17(23)11-18(16)19;/h4-7,10-11,13,26H,8-9,12H2,1-3H3,(H,28,29)(H2,24,25,27);1H. The maximum atomic E-state index is 13.5. The number of methoxy groups -OCH3 is 1. The van der Waals surface area contributed by atoms with E-state index >= 15 is 0 Å². The van der Waals surface area contributed by atoms with E-state index in [1.807, 2.05) is 24.4 Å². The summed E-state index contributed by atoms with van der Waals surface area (Å²) >= 11 is 0. The molecule has 0 unspecified atom stereocenters. The van der Waals surface area contributed by atoms with Crippen LogP contribution in [-0.2, 0) is 17.8 Å². The predicted octanol–water partition coefficient (Wildman–Crippen LogP) is 3.80. The number of guanidine groups is 1. The van der Waals surface area contributed by atoms with Crippen LogP contribution >= 0.6 is 24.0 Å². The second-order valence-electron chi connectivity index (χ2n) is 6.82. The molecule has 0 saturated heterocycles. The van der Waals surface area contributed by atoms with Crippen molar-refractivity contribution in [2.75, 3.05) is 26.0 Å². The van der Waals surface area contributed by atoms with Crippen LogP contribution < -0.4 is 20.7 Å². The minimum absolute atomic E-state index is 0. The van der Waals surface area contributed by atoms with E-state index in [4.69, 9.17) is 4.74 Å². The zero-order chi connectivity index (χ0) is 21.5. The van der Waals surface area contributed by atoms with Gasteiger partial charge in [0.25, 0.3) is 0 Å². The van der Waals surface area contributed by atoms with E-state index in [1.54, 1.807) is 26.3 Å². The average Bonchev–Trinajstić information content (AvgIpc) is 3.12. The zero-order valence-corrected chi connectivity index (χ0v) is 20.0. The SMILES string of the molecule is CN=C(NCCc1c[nH]c2ccc(F)cc12)NCc1ccc(OC)c(NC(C)=O)c1.I. The molecule has 1 amide bonds. The van der Waals surface area contributed by atoms with E-state index in [2.05, 4.69) is 25.9 Å². The van der Waals surface area contributed by atoms with Gasteiger partial charge < -0.3 is 25.7 Å². The van der Waals surface area contributed by atoms with Gasteiger partial charge in [0.2, 0.25) is 5.91 Å². The van der Waals surface area contributed by atoms with Gasteiger partial charge in [-0.05, 0) is 47.9 Å². The lowest BCUT2D eigenvalue weighted by atomic mass is 10.1. The number of halogens is 2. The summed E-state index contributed by atoms with van der Waals surface area (Å²) in [5, 5.41) is 10.2. The van der Waals surface area contributed by atoms with Crippen molar-refractivity contribution in [3.63, 3.8) is 0 Å². The first kappa shape index (κ1) is 24.4. The molecule has 0 aliphatic carbocycles. The summed E-state index contributed by atoms with van der Waals surface area (Å²) < 4.78 is 18.8. The topological polar surface area (TPSA) is 90.5 Å². The number of aromatic nitrogens is 1. The second kappa shape index (κ2) is 11.5. The number of hydrogen-bond acceptors (Lipinski definition) is 3. The van der Waals surface area contributed by atoms with Gasteiger partial charge in [0.15, 0.2) is 5.96 Å². The summed E-state index contributed by atoms with van der Waals surface area (Å²) in [5.74, 6) is 0.851. The third-order valence-corrected chi connectivity index (χ3v) is 4.67. The van der Waals surface area contributed by atoms with Crippen LogP contribution in [0.2, 0.25) is 0 Å². The number of nitrogens with zero attached hydrogens (tertiary/aromatic N) is 1. The van der Waals surface area contributed by atoms with E-state index in [9.17, 15) is 9.18 Å². The van der Waals surface area contributed by atoms with Crippen molar-refractivity contribution in [1.82, 2.24) is 15.6 Å². The number of ether oxygens (including phenoxy) is 1. The summed E-state index contributed by atoms with van der Waals surface area (Å²) in [6.07, 6.45) is 2.63. The van der Waals surface area contributed by atoms with E-state index in [1.165, 1.54) is 13.0 Å². The first-order chi connectivity index (χ1) is 14.5. The molecule has 0 atom stereocenters. The Morgan fingerprint density at radius 1 is 1.19 bits per heavy atom. The molecule has 3 aromatic rings. The second-order valence-corrected chi connectivity index (χ2v) is 6.82. The fourth-order valence-electron chi connectivity index (χ4n) is 3.23. The lowest BCUT2D eigenvalue weighted by Crippen LogP contribution is -2.37. The summed E-state index contributed by atoms with van der Waals surface area (Å²) in [6, 6.07) is 10.3. The van der Waals surface area contributed by atoms with Crippen LogP contribution in [0.15, 0.2) is 47.6 Å². The van der Waals surface area contributed by atoms with Crippen molar-refractivity contribution in [3.8, 4) is 5.75 Å². The molecule has 166 valence electrons. The molecular weight excluding hydrogens is 512 g/mol. The lowest BCUT2D eigenvalue weighted by Gasteiger charge is -2.14. The molecule has 7 nitrogen and oxygen atoms in total. The molecule has 1 heterocycles. The molecule has 2 aromatic carbocycles. The minimum Gasteiger partial charge on any atom is -0.495 e. The molecule has 3 rings (SSSR count). The van der Waals surface area contributed by atoms with Crippen molar-refractivity contribution >= 4 is 52.4 Å². The molecule has 4 N–H and O–H groups in total. The van der Waals surface area contributed by atoms with Crippen molar-refractivity contribution < 1.29 is 13.9 Å². The number of H-pyrrole nitrogens is 1. The molecule has 0 spiro atoms. The van der Waals surface area contributed by atoms with Gasteiger partial charge in [-0.1, -0.05) is 6.07 Å². The number of rotatable bonds is 7. The van der Waals surface area contributed by atoms with Gasteiger partial charge in [-0.3, -0.25) is 9.79 Å². The van der Waals surface area contributed by atoms with Gasteiger partial charge in [-0.25, -0.2) is 4.39 Å². The van der Waals surface area contributed by atoms with Crippen molar-refractivity contribution in [1.29, 1.82) is 0 Å². The van der Waals surface area contributed by atoms with E-state index in [-0.39, 0.29) is 35.7 Å². The lowest BCUT2D eigenvalue weighted by molar-refractivity contribution is -0.114. The monoisotopic (exact) mass is 539 g/mol. The summed E-state index contributed by atoms with van der Waals surface area (Å²) in [5.41, 5.74) is 3.55. The molecule has 0 aliphatic rings. The molecule has 9 heteroatoms. The molecule has 0 bridgehead atoms. The molecule has 0 saturated carbocycles. The largest absolute Gasteiger partial charge is 0.495 e. The van der Waals surface area contributed by atoms with Crippen LogP contribution in [0.1, 0.15) is 18.1 Å². The Morgan fingerprint density at radius 3 is 2.71 bits per heavy atom. The number of benzene rings is 2. The number of carbonyl (C=O) groups excluding carboxylic acids is 1. The highest BCUT2D eigenvalue weighted by Gasteiger charge is 2.08. The van der Waals surface area contributed by atoms with Crippen LogP contribution in [0.25, 0.3) is 10.9 Å². The third-order valence-electron chi connectivity index (χ3n) is 4.67. The maximum absolute atomic E-state index is 13.5. The number of amides is 1. The van der Waals surface area contributed by atoms with Crippen LogP contribution in [0.4, 0.5) is 10.1 Å². The predicted molar refractivity (Wildman–Crippen MR) is 133 cm³/mol. The first-order valence-electron chi connectivity index (χ1n) is 9.64. The van der Waals surface area contributed by atoms with Crippen LogP contribution in [0.5, 0.6) is 5.75 Å². The fraction of sp³-hybridized carbons (Fsp3) is 0.273. The fourth-order valence-corrected chi connectivity index (χ4v) is 3.23. The van der Waals surface area contributed by atoms with Crippen LogP contribution in [0.3, 0.4) is 0 Å². The average molecular weight is 539 g/mol. The van der Waals surface area contributed by atoms with Gasteiger partial charge in [0.05, 0.1) is 12.8 Å². The molecule has 31 heavy (non-hydrogen) atoms. The molecule has 1 aromatic heterocycles. The summed E-state index contributed by atoms with van der Waals surface area (Å²) in [6.45, 7) is 2.62. The number of anilines is 1. The summed E-state index contributed by atoms with van der Waals surface area (Å²) in [4.78, 5) is 18.8. The van der Waals surface area contributed by atoms with E-state index < -0.39 is 0 Å². The Kier molecular flexibility index (Phi) is 9.10. The van der Waals surface area contributed by atoms with Crippen LogP contribution in [-0.4, -0.2) is 37.6 Å². The highest BCUT2D eigenvalue weighted by Crippen LogP contribution is 2.25. The highest BCUT2D eigenvalue weighted by molar-refractivity contribution is 14.0. The normalized spacial score (nSPS) is 11.0. The number of nitrogens with one attached hydrogen (secondary N) is 4. The quantitative estimate of drug-likeness (QED) is 0.209. The van der Waals surface area contributed by atoms with Gasteiger partial charge in [0.1, 0.15) is 11.6 Å². The summed E-state index contributed by atoms with van der Waals surface area (Å²) in [7, 11) is 3.26. The third kappa shape index (κ3) is 6.58.